The van der Waals surface area contributed by atoms with Crippen molar-refractivity contribution in [2.75, 3.05) is 17.7 Å². The highest BCUT2D eigenvalue weighted by Gasteiger charge is 2.21. The van der Waals surface area contributed by atoms with E-state index in [1.54, 1.807) is 25.2 Å². The van der Waals surface area contributed by atoms with E-state index in [1.807, 2.05) is 0 Å². The molecule has 0 aliphatic carbocycles. The highest BCUT2D eigenvalue weighted by Crippen LogP contribution is 2.33. The number of aromatic nitrogens is 4. The molecule has 0 saturated heterocycles. The van der Waals surface area contributed by atoms with E-state index >= 15 is 0 Å². The zero-order valence-electron chi connectivity index (χ0n) is 18.3. The molecule has 3 aromatic rings. The molecule has 0 aromatic carbocycles. The van der Waals surface area contributed by atoms with Crippen molar-refractivity contribution in [1.82, 2.24) is 19.7 Å². The predicted octanol–water partition coefficient (Wildman–Crippen LogP) is 4.88. The van der Waals surface area contributed by atoms with Crippen molar-refractivity contribution in [2.45, 2.75) is 52.7 Å². The molecule has 166 valence electrons. The number of hydrogen-bond acceptors (Lipinski definition) is 9. The number of anilines is 1. The lowest BCUT2D eigenvalue weighted by atomic mass is 10.1. The first-order valence-corrected chi connectivity index (χ1v) is 12.5. The van der Waals surface area contributed by atoms with Gasteiger partial charge >= 0.3 is 5.97 Å². The second kappa shape index (κ2) is 9.92. The first kappa shape index (κ1) is 23.4. The minimum atomic E-state index is -0.427. The van der Waals surface area contributed by atoms with E-state index < -0.39 is 5.97 Å². The minimum Gasteiger partial charge on any atom is -0.462 e. The third-order valence-electron chi connectivity index (χ3n) is 4.54. The molecular formula is C20H25N5O3S3. The fourth-order valence-corrected chi connectivity index (χ4v) is 5.49. The Balaban J connectivity index is 1.70. The quantitative estimate of drug-likeness (QED) is 0.363. The maximum Gasteiger partial charge on any atom is 0.350 e. The maximum atomic E-state index is 12.5. The van der Waals surface area contributed by atoms with Crippen LogP contribution in [-0.4, -0.2) is 44.0 Å². The summed E-state index contributed by atoms with van der Waals surface area (Å²) in [6, 6.07) is 0.143. The number of nitrogens with one attached hydrogen (secondary N) is 1. The standard InChI is InChI=1S/C20H25N5O3S3/c1-7-28-18(27)16-12(5)21-19(31-16)22-15(26)9-30-20-24-23-17(25(20)10(2)3)14-8-29-13(6)11(14)4/h8,10H,7,9H2,1-6H3,(H,21,22,26). The number of carbonyl (C=O) groups is 2. The van der Waals surface area contributed by atoms with Gasteiger partial charge in [-0.1, -0.05) is 23.1 Å². The van der Waals surface area contributed by atoms with Crippen LogP contribution in [0.25, 0.3) is 11.4 Å². The summed E-state index contributed by atoms with van der Waals surface area (Å²) in [4.78, 5) is 30.3. The van der Waals surface area contributed by atoms with Gasteiger partial charge in [-0.3, -0.25) is 9.36 Å². The van der Waals surface area contributed by atoms with Gasteiger partial charge in [0, 0.05) is 21.9 Å². The van der Waals surface area contributed by atoms with Crippen LogP contribution in [0.15, 0.2) is 10.5 Å². The third kappa shape index (κ3) is 5.16. The summed E-state index contributed by atoms with van der Waals surface area (Å²) in [5.74, 6) is 0.315. The number of carbonyl (C=O) groups excluding carboxylic acids is 2. The van der Waals surface area contributed by atoms with Crippen molar-refractivity contribution in [2.24, 2.45) is 0 Å². The number of thiophene rings is 1. The number of hydrogen-bond donors (Lipinski definition) is 1. The van der Waals surface area contributed by atoms with E-state index in [9.17, 15) is 9.59 Å². The molecule has 0 unspecified atom stereocenters. The molecule has 3 rings (SSSR count). The number of ether oxygens (including phenoxy) is 1. The average Bonchev–Trinajstić information content (AvgIpc) is 3.38. The second-order valence-corrected chi connectivity index (χ2v) is 10.1. The van der Waals surface area contributed by atoms with Gasteiger partial charge in [0.25, 0.3) is 0 Å². The lowest BCUT2D eigenvalue weighted by Crippen LogP contribution is -2.15. The van der Waals surface area contributed by atoms with Gasteiger partial charge in [-0.15, -0.1) is 21.5 Å². The van der Waals surface area contributed by atoms with Gasteiger partial charge < -0.3 is 10.1 Å². The molecule has 0 saturated carbocycles. The summed E-state index contributed by atoms with van der Waals surface area (Å²) in [6.07, 6.45) is 0. The monoisotopic (exact) mass is 479 g/mol. The highest BCUT2D eigenvalue weighted by molar-refractivity contribution is 7.99. The zero-order chi connectivity index (χ0) is 22.7. The van der Waals surface area contributed by atoms with E-state index in [0.717, 1.165) is 22.7 Å². The molecule has 3 aromatic heterocycles. The van der Waals surface area contributed by atoms with Crippen LogP contribution in [0.5, 0.6) is 0 Å². The zero-order valence-corrected chi connectivity index (χ0v) is 20.8. The summed E-state index contributed by atoms with van der Waals surface area (Å²) in [5.41, 5.74) is 2.81. The fraction of sp³-hybridized carbons (Fsp3) is 0.450. The maximum absolute atomic E-state index is 12.5. The topological polar surface area (TPSA) is 99.0 Å². The summed E-state index contributed by atoms with van der Waals surface area (Å²) in [6.45, 7) is 12.1. The molecule has 0 radical (unpaired) electrons. The van der Waals surface area contributed by atoms with Crippen molar-refractivity contribution >= 4 is 51.4 Å². The predicted molar refractivity (Wildman–Crippen MR) is 125 cm³/mol. The fourth-order valence-electron chi connectivity index (χ4n) is 2.88. The molecule has 1 amide bonds. The van der Waals surface area contributed by atoms with Gasteiger partial charge in [-0.2, -0.15) is 0 Å². The molecule has 1 N–H and O–H groups in total. The SMILES string of the molecule is CCOC(=O)c1sc(NC(=O)CSc2nnc(-c3csc(C)c3C)n2C(C)C)nc1C. The van der Waals surface area contributed by atoms with E-state index in [4.69, 9.17) is 4.74 Å². The third-order valence-corrected chi connectivity index (χ3v) is 7.55. The number of aryl methyl sites for hydroxylation is 2. The second-order valence-electron chi connectivity index (χ2n) is 7.09. The van der Waals surface area contributed by atoms with Crippen LogP contribution < -0.4 is 5.32 Å². The van der Waals surface area contributed by atoms with Crippen molar-refractivity contribution in [1.29, 1.82) is 0 Å². The van der Waals surface area contributed by atoms with Crippen LogP contribution in [0.3, 0.4) is 0 Å². The number of thiazole rings is 1. The van der Waals surface area contributed by atoms with Crippen molar-refractivity contribution in [3.63, 3.8) is 0 Å². The van der Waals surface area contributed by atoms with Crippen molar-refractivity contribution in [3.8, 4) is 11.4 Å². The summed E-state index contributed by atoms with van der Waals surface area (Å²) in [5, 5.41) is 14.6. The largest absolute Gasteiger partial charge is 0.462 e. The smallest absolute Gasteiger partial charge is 0.350 e. The molecule has 0 spiro atoms. The van der Waals surface area contributed by atoms with E-state index in [-0.39, 0.29) is 24.3 Å². The summed E-state index contributed by atoms with van der Waals surface area (Å²) in [7, 11) is 0. The van der Waals surface area contributed by atoms with Crippen molar-refractivity contribution < 1.29 is 14.3 Å². The number of thioether (sulfide) groups is 1. The molecule has 8 nitrogen and oxygen atoms in total. The Morgan fingerprint density at radius 3 is 2.61 bits per heavy atom. The normalized spacial score (nSPS) is 11.2. The molecule has 11 heteroatoms. The van der Waals surface area contributed by atoms with Crippen LogP contribution in [0.1, 0.15) is 52.6 Å². The molecule has 0 aliphatic heterocycles. The van der Waals surface area contributed by atoms with Crippen LogP contribution in [0.2, 0.25) is 0 Å². The van der Waals surface area contributed by atoms with Crippen molar-refractivity contribution in [3.05, 3.63) is 26.4 Å². The Kier molecular flexibility index (Phi) is 7.50. The molecule has 0 bridgehead atoms. The van der Waals surface area contributed by atoms with Gasteiger partial charge in [0.15, 0.2) is 16.1 Å². The molecule has 31 heavy (non-hydrogen) atoms. The molecule has 0 aliphatic rings. The lowest BCUT2D eigenvalue weighted by Gasteiger charge is -2.13. The number of amides is 1. The van der Waals surface area contributed by atoms with Gasteiger partial charge in [0.2, 0.25) is 5.91 Å². The molecular weight excluding hydrogens is 454 g/mol. The summed E-state index contributed by atoms with van der Waals surface area (Å²) >= 11 is 4.13. The number of esters is 1. The minimum absolute atomic E-state index is 0.143. The first-order chi connectivity index (χ1) is 14.7. The van der Waals surface area contributed by atoms with Crippen LogP contribution in [0.4, 0.5) is 5.13 Å². The van der Waals surface area contributed by atoms with Gasteiger partial charge in [0.1, 0.15) is 4.88 Å². The van der Waals surface area contributed by atoms with Gasteiger partial charge in [-0.05, 0) is 47.1 Å². The first-order valence-electron chi connectivity index (χ1n) is 9.80. The average molecular weight is 480 g/mol. The van der Waals surface area contributed by atoms with Crippen LogP contribution >= 0.6 is 34.4 Å². The highest BCUT2D eigenvalue weighted by atomic mass is 32.2. The van der Waals surface area contributed by atoms with E-state index in [1.165, 1.54) is 22.2 Å². The lowest BCUT2D eigenvalue weighted by molar-refractivity contribution is -0.113. The van der Waals surface area contributed by atoms with Gasteiger partial charge in [-0.25, -0.2) is 9.78 Å². The molecule has 0 atom stereocenters. The Morgan fingerprint density at radius 1 is 1.26 bits per heavy atom. The Bertz CT molecular complexity index is 1100. The van der Waals surface area contributed by atoms with E-state index in [0.29, 0.717) is 20.9 Å². The van der Waals surface area contributed by atoms with Gasteiger partial charge in [0.05, 0.1) is 18.1 Å². The summed E-state index contributed by atoms with van der Waals surface area (Å²) < 4.78 is 7.07. The van der Waals surface area contributed by atoms with Crippen LogP contribution in [-0.2, 0) is 9.53 Å². The number of nitrogens with zero attached hydrogens (tertiary/aromatic N) is 4. The molecule has 0 fully saturated rings. The molecule has 3 heterocycles. The van der Waals surface area contributed by atoms with E-state index in [2.05, 4.69) is 58.1 Å². The Hall–Kier alpha value is -2.24. The number of rotatable bonds is 8. The van der Waals surface area contributed by atoms with Crippen LogP contribution in [0, 0.1) is 20.8 Å². The Morgan fingerprint density at radius 2 is 2.00 bits per heavy atom. The Labute approximate surface area is 193 Å².